The molecule has 0 fully saturated rings. The first-order valence-electron chi connectivity index (χ1n) is 14.0. The lowest BCUT2D eigenvalue weighted by Gasteiger charge is -2.32. The van der Waals surface area contributed by atoms with Gasteiger partial charge in [0.2, 0.25) is 0 Å². The molecule has 178 valence electrons. The van der Waals surface area contributed by atoms with Crippen LogP contribution in [0.1, 0.15) is 149 Å². The summed E-state index contributed by atoms with van der Waals surface area (Å²) < 4.78 is 0. The van der Waals surface area contributed by atoms with E-state index >= 15 is 0 Å². The summed E-state index contributed by atoms with van der Waals surface area (Å²) in [7, 11) is 0. The molecule has 0 aliphatic carbocycles. The summed E-state index contributed by atoms with van der Waals surface area (Å²) >= 11 is 0. The molecule has 0 N–H and O–H groups in total. The van der Waals surface area contributed by atoms with Gasteiger partial charge in [-0.1, -0.05) is 130 Å². The Labute approximate surface area is 190 Å². The summed E-state index contributed by atoms with van der Waals surface area (Å²) in [6, 6.07) is 0. The van der Waals surface area contributed by atoms with Gasteiger partial charge in [-0.2, -0.15) is 0 Å². The van der Waals surface area contributed by atoms with Crippen LogP contribution in [-0.4, -0.2) is 29.1 Å². The van der Waals surface area contributed by atoms with Crippen LogP contribution >= 0.6 is 0 Å². The molecular weight excluding hydrogens is 364 g/mol. The molecular formula is C28H56N2. The van der Waals surface area contributed by atoms with Gasteiger partial charge in [-0.05, 0) is 19.3 Å². The largest absolute Gasteiger partial charge is 0.356 e. The third-order valence-corrected chi connectivity index (χ3v) is 6.87. The second-order valence-corrected chi connectivity index (χ2v) is 9.67. The Morgan fingerprint density at radius 2 is 0.767 bits per heavy atom. The van der Waals surface area contributed by atoms with E-state index in [1.807, 2.05) is 0 Å². The first-order chi connectivity index (χ1) is 14.8. The SMILES string of the molecule is CCCCCCCCCCCCCCCCCCCN1C=CN(CCCC)C1CC. The van der Waals surface area contributed by atoms with E-state index in [9.17, 15) is 0 Å². The lowest BCUT2D eigenvalue weighted by atomic mass is 10.0. The van der Waals surface area contributed by atoms with Gasteiger partial charge in [-0.15, -0.1) is 0 Å². The van der Waals surface area contributed by atoms with Gasteiger partial charge < -0.3 is 9.80 Å². The molecule has 0 aromatic heterocycles. The quantitative estimate of drug-likeness (QED) is 0.161. The first-order valence-corrected chi connectivity index (χ1v) is 14.0. The Hall–Kier alpha value is -0.660. The van der Waals surface area contributed by atoms with Crippen LogP contribution in [0.25, 0.3) is 0 Å². The molecule has 1 unspecified atom stereocenters. The zero-order valence-electron chi connectivity index (χ0n) is 21.2. The zero-order valence-corrected chi connectivity index (χ0v) is 21.2. The van der Waals surface area contributed by atoms with Crippen LogP contribution in [0.2, 0.25) is 0 Å². The third kappa shape index (κ3) is 13.6. The molecule has 2 nitrogen and oxygen atoms in total. The predicted molar refractivity (Wildman–Crippen MR) is 136 cm³/mol. The van der Waals surface area contributed by atoms with E-state index in [0.717, 1.165) is 0 Å². The Balaban J connectivity index is 1.82. The van der Waals surface area contributed by atoms with Crippen molar-refractivity contribution in [1.29, 1.82) is 0 Å². The van der Waals surface area contributed by atoms with Crippen molar-refractivity contribution in [3.8, 4) is 0 Å². The van der Waals surface area contributed by atoms with Gasteiger partial charge in [0, 0.05) is 25.5 Å². The van der Waals surface area contributed by atoms with Gasteiger partial charge in [-0.3, -0.25) is 0 Å². The fourth-order valence-corrected chi connectivity index (χ4v) is 4.84. The highest BCUT2D eigenvalue weighted by atomic mass is 15.4. The van der Waals surface area contributed by atoms with Crippen molar-refractivity contribution >= 4 is 0 Å². The molecule has 1 aliphatic heterocycles. The molecule has 0 radical (unpaired) electrons. The number of rotatable bonds is 22. The summed E-state index contributed by atoms with van der Waals surface area (Å²) in [4.78, 5) is 5.14. The molecule has 0 aromatic rings. The first kappa shape index (κ1) is 27.4. The monoisotopic (exact) mass is 420 g/mol. The summed E-state index contributed by atoms with van der Waals surface area (Å²) in [6.07, 6.45) is 33.8. The van der Waals surface area contributed by atoms with Gasteiger partial charge in [0.05, 0.1) is 0 Å². The summed E-state index contributed by atoms with van der Waals surface area (Å²) in [5, 5.41) is 0. The lowest BCUT2D eigenvalue weighted by Crippen LogP contribution is -2.38. The van der Waals surface area contributed by atoms with Crippen LogP contribution in [-0.2, 0) is 0 Å². The molecule has 1 atom stereocenters. The van der Waals surface area contributed by atoms with E-state index in [1.165, 1.54) is 142 Å². The van der Waals surface area contributed by atoms with E-state index in [0.29, 0.717) is 6.17 Å². The highest BCUT2D eigenvalue weighted by Crippen LogP contribution is 2.20. The molecule has 2 heteroatoms. The molecule has 0 spiro atoms. The van der Waals surface area contributed by atoms with Crippen molar-refractivity contribution in [2.75, 3.05) is 13.1 Å². The predicted octanol–water partition coefficient (Wildman–Crippen LogP) is 9.26. The smallest absolute Gasteiger partial charge is 0.100 e. The summed E-state index contributed by atoms with van der Waals surface area (Å²) in [5.41, 5.74) is 0. The minimum Gasteiger partial charge on any atom is -0.356 e. The van der Waals surface area contributed by atoms with Crippen LogP contribution in [0.5, 0.6) is 0 Å². The molecule has 0 saturated carbocycles. The van der Waals surface area contributed by atoms with Crippen molar-refractivity contribution in [1.82, 2.24) is 9.80 Å². The van der Waals surface area contributed by atoms with E-state index in [-0.39, 0.29) is 0 Å². The maximum absolute atomic E-state index is 2.58. The normalized spacial score (nSPS) is 16.2. The highest BCUT2D eigenvalue weighted by molar-refractivity contribution is 4.96. The number of hydrogen-bond donors (Lipinski definition) is 0. The lowest BCUT2D eigenvalue weighted by molar-refractivity contribution is 0.144. The van der Waals surface area contributed by atoms with E-state index in [1.54, 1.807) is 0 Å². The molecule has 1 aliphatic rings. The van der Waals surface area contributed by atoms with Gasteiger partial charge in [0.25, 0.3) is 0 Å². The average molecular weight is 421 g/mol. The Kier molecular flexibility index (Phi) is 18.5. The van der Waals surface area contributed by atoms with E-state index < -0.39 is 0 Å². The molecule has 30 heavy (non-hydrogen) atoms. The van der Waals surface area contributed by atoms with E-state index in [4.69, 9.17) is 0 Å². The number of unbranched alkanes of at least 4 members (excludes halogenated alkanes) is 17. The van der Waals surface area contributed by atoms with Crippen molar-refractivity contribution in [3.63, 3.8) is 0 Å². The number of nitrogens with zero attached hydrogens (tertiary/aromatic N) is 2. The average Bonchev–Trinajstić information content (AvgIpc) is 3.16. The van der Waals surface area contributed by atoms with Gasteiger partial charge in [-0.25, -0.2) is 0 Å². The molecule has 1 heterocycles. The molecule has 0 saturated heterocycles. The summed E-state index contributed by atoms with van der Waals surface area (Å²) in [5.74, 6) is 0. The van der Waals surface area contributed by atoms with Crippen LogP contribution in [0.15, 0.2) is 12.4 Å². The molecule has 0 aromatic carbocycles. The second-order valence-electron chi connectivity index (χ2n) is 9.67. The third-order valence-electron chi connectivity index (χ3n) is 6.87. The van der Waals surface area contributed by atoms with Crippen LogP contribution in [0.4, 0.5) is 0 Å². The van der Waals surface area contributed by atoms with E-state index in [2.05, 4.69) is 43.0 Å². The maximum Gasteiger partial charge on any atom is 0.100 e. The van der Waals surface area contributed by atoms with Crippen molar-refractivity contribution in [3.05, 3.63) is 12.4 Å². The standard InChI is InChI=1S/C28H56N2/c1-4-7-9-10-11-12-13-14-15-16-17-18-19-20-21-22-23-25-30-27-26-29(24-8-5-2)28(30)6-3/h26-28H,4-25H2,1-3H3. The number of hydrogen-bond acceptors (Lipinski definition) is 2. The fraction of sp³-hybridized carbons (Fsp3) is 0.929. The Bertz CT molecular complexity index is 379. The van der Waals surface area contributed by atoms with Gasteiger partial charge in [0.15, 0.2) is 0 Å². The fourth-order valence-electron chi connectivity index (χ4n) is 4.84. The zero-order chi connectivity index (χ0) is 21.7. The minimum atomic E-state index is 0.623. The van der Waals surface area contributed by atoms with Crippen molar-refractivity contribution in [2.45, 2.75) is 155 Å². The Morgan fingerprint density at radius 3 is 1.13 bits per heavy atom. The van der Waals surface area contributed by atoms with Crippen LogP contribution < -0.4 is 0 Å². The highest BCUT2D eigenvalue weighted by Gasteiger charge is 2.23. The molecule has 0 amide bonds. The minimum absolute atomic E-state index is 0.623. The maximum atomic E-state index is 2.58. The molecule has 0 bridgehead atoms. The Morgan fingerprint density at radius 1 is 0.433 bits per heavy atom. The van der Waals surface area contributed by atoms with Gasteiger partial charge >= 0.3 is 0 Å². The van der Waals surface area contributed by atoms with Crippen molar-refractivity contribution in [2.24, 2.45) is 0 Å². The van der Waals surface area contributed by atoms with Gasteiger partial charge in [0.1, 0.15) is 6.17 Å². The molecule has 1 rings (SSSR count). The van der Waals surface area contributed by atoms with Crippen LogP contribution in [0, 0.1) is 0 Å². The topological polar surface area (TPSA) is 6.48 Å². The second kappa shape index (κ2) is 20.3. The van der Waals surface area contributed by atoms with Crippen molar-refractivity contribution < 1.29 is 0 Å². The van der Waals surface area contributed by atoms with Crippen LogP contribution in [0.3, 0.4) is 0 Å². The summed E-state index contributed by atoms with van der Waals surface area (Å²) in [6.45, 7) is 9.39.